The number of alkyl halides is 3. The molecule has 2 rings (SSSR count). The highest BCUT2D eigenvalue weighted by Gasteiger charge is 2.35. The minimum atomic E-state index is -4.77. The van der Waals surface area contributed by atoms with Crippen LogP contribution in [0.15, 0.2) is 42.5 Å². The van der Waals surface area contributed by atoms with Crippen LogP contribution in [-0.2, 0) is 11.8 Å². The molecule has 0 bridgehead atoms. The van der Waals surface area contributed by atoms with Gasteiger partial charge in [0.05, 0.1) is 5.56 Å². The molecule has 1 unspecified atom stereocenters. The Hall–Kier alpha value is -1.59. The molecule has 0 aliphatic carbocycles. The predicted octanol–water partition coefficient (Wildman–Crippen LogP) is 4.75. The Morgan fingerprint density at radius 2 is 1.62 bits per heavy atom. The van der Waals surface area contributed by atoms with Gasteiger partial charge in [-0.2, -0.15) is 13.2 Å². The molecule has 1 nitrogen and oxygen atoms in total. The smallest absolute Gasteiger partial charge is 0.381 e. The zero-order valence-electron chi connectivity index (χ0n) is 10.9. The normalized spacial score (nSPS) is 14.8. The van der Waals surface area contributed by atoms with Crippen molar-refractivity contribution in [3.63, 3.8) is 0 Å². The number of aliphatic hydroxyl groups is 1. The highest BCUT2D eigenvalue weighted by molar-refractivity contribution is 6.30. The third-order valence-electron chi connectivity index (χ3n) is 3.22. The zero-order valence-corrected chi connectivity index (χ0v) is 11.6. The van der Waals surface area contributed by atoms with E-state index in [1.165, 1.54) is 13.0 Å². The van der Waals surface area contributed by atoms with E-state index in [1.54, 1.807) is 18.2 Å². The minimum Gasteiger partial charge on any atom is -0.381 e. The molecule has 0 aliphatic rings. The monoisotopic (exact) mass is 318 g/mol. The van der Waals surface area contributed by atoms with Gasteiger partial charge in [0.1, 0.15) is 11.4 Å². The molecule has 0 amide bonds. The average molecular weight is 319 g/mol. The first-order valence-electron chi connectivity index (χ1n) is 5.98. The first-order valence-corrected chi connectivity index (χ1v) is 6.36. The third-order valence-corrected chi connectivity index (χ3v) is 3.46. The minimum absolute atomic E-state index is 0.00951. The summed E-state index contributed by atoms with van der Waals surface area (Å²) in [5, 5.41) is 10.9. The van der Waals surface area contributed by atoms with Crippen LogP contribution in [0.1, 0.15) is 23.6 Å². The third kappa shape index (κ3) is 3.19. The van der Waals surface area contributed by atoms with Gasteiger partial charge >= 0.3 is 6.18 Å². The Morgan fingerprint density at radius 1 is 1.00 bits per heavy atom. The van der Waals surface area contributed by atoms with E-state index < -0.39 is 23.2 Å². The van der Waals surface area contributed by atoms with Gasteiger partial charge < -0.3 is 5.11 Å². The van der Waals surface area contributed by atoms with E-state index in [0.29, 0.717) is 22.7 Å². The van der Waals surface area contributed by atoms with E-state index in [9.17, 15) is 22.7 Å². The Balaban J connectivity index is 2.49. The average Bonchev–Trinajstić information content (AvgIpc) is 2.37. The molecule has 6 heteroatoms. The van der Waals surface area contributed by atoms with Gasteiger partial charge in [-0.05, 0) is 42.3 Å². The molecule has 21 heavy (non-hydrogen) atoms. The van der Waals surface area contributed by atoms with Gasteiger partial charge in [-0.25, -0.2) is 4.39 Å². The first kappa shape index (κ1) is 15.8. The molecule has 0 aliphatic heterocycles. The lowest BCUT2D eigenvalue weighted by atomic mass is 9.87. The number of hydrogen-bond donors (Lipinski definition) is 1. The second kappa shape index (κ2) is 5.31. The SMILES string of the molecule is CC(O)(c1cccc(Cl)c1)c1ccc(C(F)(F)F)c(F)c1. The second-order valence-corrected chi connectivity index (χ2v) is 5.21. The van der Waals surface area contributed by atoms with E-state index >= 15 is 0 Å². The van der Waals surface area contributed by atoms with Crippen LogP contribution >= 0.6 is 11.6 Å². The van der Waals surface area contributed by atoms with Crippen molar-refractivity contribution in [2.24, 2.45) is 0 Å². The van der Waals surface area contributed by atoms with Crippen LogP contribution in [0.5, 0.6) is 0 Å². The van der Waals surface area contributed by atoms with Crippen molar-refractivity contribution < 1.29 is 22.7 Å². The second-order valence-electron chi connectivity index (χ2n) is 4.77. The van der Waals surface area contributed by atoms with Crippen LogP contribution in [0.4, 0.5) is 17.6 Å². The fourth-order valence-electron chi connectivity index (χ4n) is 2.01. The Labute approximate surface area is 123 Å². The molecular formula is C15H11ClF4O. The highest BCUT2D eigenvalue weighted by Crippen LogP contribution is 2.35. The van der Waals surface area contributed by atoms with E-state index in [-0.39, 0.29) is 5.56 Å². The Bertz CT molecular complexity index is 665. The van der Waals surface area contributed by atoms with Crippen LogP contribution in [-0.4, -0.2) is 5.11 Å². The van der Waals surface area contributed by atoms with Gasteiger partial charge in [-0.15, -0.1) is 0 Å². The molecule has 1 atom stereocenters. The van der Waals surface area contributed by atoms with Crippen LogP contribution < -0.4 is 0 Å². The van der Waals surface area contributed by atoms with Crippen molar-refractivity contribution in [3.05, 3.63) is 70.0 Å². The molecule has 0 saturated carbocycles. The molecule has 0 fully saturated rings. The Morgan fingerprint density at radius 3 is 2.14 bits per heavy atom. The van der Waals surface area contributed by atoms with Gasteiger partial charge in [0.15, 0.2) is 0 Å². The molecule has 0 radical (unpaired) electrons. The maximum Gasteiger partial charge on any atom is 0.419 e. The number of benzene rings is 2. The lowest BCUT2D eigenvalue weighted by Gasteiger charge is -2.25. The van der Waals surface area contributed by atoms with Gasteiger partial charge in [0.2, 0.25) is 0 Å². The molecule has 0 spiro atoms. The lowest BCUT2D eigenvalue weighted by molar-refractivity contribution is -0.140. The van der Waals surface area contributed by atoms with Gasteiger partial charge in [-0.3, -0.25) is 0 Å². The summed E-state index contributed by atoms with van der Waals surface area (Å²) in [6.07, 6.45) is -4.77. The summed E-state index contributed by atoms with van der Waals surface area (Å²) in [5.41, 5.74) is -2.66. The molecule has 0 heterocycles. The first-order chi connectivity index (χ1) is 9.62. The van der Waals surface area contributed by atoms with Crippen LogP contribution in [0.25, 0.3) is 0 Å². The van der Waals surface area contributed by atoms with Gasteiger partial charge in [0, 0.05) is 5.02 Å². The molecule has 1 N–H and O–H groups in total. The lowest BCUT2D eigenvalue weighted by Crippen LogP contribution is -2.23. The van der Waals surface area contributed by atoms with E-state index in [0.717, 1.165) is 6.07 Å². The summed E-state index contributed by atoms with van der Waals surface area (Å²) in [5.74, 6) is -1.43. The fourth-order valence-corrected chi connectivity index (χ4v) is 2.20. The van der Waals surface area contributed by atoms with E-state index in [1.807, 2.05) is 0 Å². The summed E-state index contributed by atoms with van der Waals surface area (Å²) in [4.78, 5) is 0. The standard InChI is InChI=1S/C15H11ClF4O/c1-14(21,9-3-2-4-11(16)7-9)10-5-6-12(13(17)8-10)15(18,19)20/h2-8,21H,1H3. The van der Waals surface area contributed by atoms with Crippen molar-refractivity contribution in [2.75, 3.05) is 0 Å². The van der Waals surface area contributed by atoms with Gasteiger partial charge in [-0.1, -0.05) is 29.8 Å². The largest absolute Gasteiger partial charge is 0.419 e. The molecule has 0 aromatic heterocycles. The quantitative estimate of drug-likeness (QED) is 0.792. The Kier molecular flexibility index (Phi) is 4.00. The summed E-state index contributed by atoms with van der Waals surface area (Å²) in [7, 11) is 0. The van der Waals surface area contributed by atoms with Crippen molar-refractivity contribution >= 4 is 11.6 Å². The van der Waals surface area contributed by atoms with Crippen molar-refractivity contribution in [1.29, 1.82) is 0 Å². The number of halogens is 5. The van der Waals surface area contributed by atoms with Crippen molar-refractivity contribution in [2.45, 2.75) is 18.7 Å². The van der Waals surface area contributed by atoms with Crippen LogP contribution in [0.2, 0.25) is 5.02 Å². The van der Waals surface area contributed by atoms with Crippen molar-refractivity contribution in [1.82, 2.24) is 0 Å². The number of hydrogen-bond acceptors (Lipinski definition) is 1. The molecule has 112 valence electrons. The topological polar surface area (TPSA) is 20.2 Å². The summed E-state index contributed by atoms with van der Waals surface area (Å²) < 4.78 is 51.2. The van der Waals surface area contributed by atoms with Crippen LogP contribution in [0.3, 0.4) is 0 Å². The summed E-state index contributed by atoms with van der Waals surface area (Å²) in [6, 6.07) is 8.56. The number of rotatable bonds is 2. The van der Waals surface area contributed by atoms with E-state index in [4.69, 9.17) is 11.6 Å². The van der Waals surface area contributed by atoms with Gasteiger partial charge in [0.25, 0.3) is 0 Å². The highest BCUT2D eigenvalue weighted by atomic mass is 35.5. The summed E-state index contributed by atoms with van der Waals surface area (Å²) in [6.45, 7) is 1.36. The maximum atomic E-state index is 13.6. The maximum absolute atomic E-state index is 13.6. The predicted molar refractivity (Wildman–Crippen MR) is 71.5 cm³/mol. The molecule has 0 saturated heterocycles. The molecule has 2 aromatic carbocycles. The zero-order chi connectivity index (χ0) is 15.8. The fraction of sp³-hybridized carbons (Fsp3) is 0.200. The van der Waals surface area contributed by atoms with E-state index in [2.05, 4.69) is 0 Å². The molecular weight excluding hydrogens is 308 g/mol. The van der Waals surface area contributed by atoms with Crippen LogP contribution in [0, 0.1) is 5.82 Å². The van der Waals surface area contributed by atoms with Crippen molar-refractivity contribution in [3.8, 4) is 0 Å². The summed E-state index contributed by atoms with van der Waals surface area (Å²) >= 11 is 5.82. The molecule has 2 aromatic rings.